The molecule has 3 aromatic carbocycles. The van der Waals surface area contributed by atoms with Crippen LogP contribution in [0.5, 0.6) is 0 Å². The molecule has 1 aromatic heterocycles. The fraction of sp³-hybridized carbons (Fsp3) is 0.167. The van der Waals surface area contributed by atoms with Crippen molar-refractivity contribution in [3.8, 4) is 0 Å². The highest BCUT2D eigenvalue weighted by Gasteiger charge is 2.14. The van der Waals surface area contributed by atoms with Gasteiger partial charge in [0.25, 0.3) is 0 Å². The van der Waals surface area contributed by atoms with Gasteiger partial charge in [-0.2, -0.15) is 0 Å². The third-order valence-electron chi connectivity index (χ3n) is 5.06. The van der Waals surface area contributed by atoms with Gasteiger partial charge in [-0.25, -0.2) is 4.98 Å². The van der Waals surface area contributed by atoms with Crippen molar-refractivity contribution in [3.05, 3.63) is 98.7 Å². The van der Waals surface area contributed by atoms with E-state index in [1.807, 2.05) is 54.6 Å². The SMILES string of the molecule is O=C(Cc1ccc(Cl)cc1)NCCc1nc2ccccc2n1Cc1c(Cl)cccc1Cl. The molecule has 31 heavy (non-hydrogen) atoms. The van der Waals surface area contributed by atoms with Gasteiger partial charge in [-0.3, -0.25) is 4.79 Å². The van der Waals surface area contributed by atoms with E-state index in [-0.39, 0.29) is 5.91 Å². The summed E-state index contributed by atoms with van der Waals surface area (Å²) >= 11 is 18.7. The highest BCUT2D eigenvalue weighted by molar-refractivity contribution is 6.36. The molecule has 0 spiro atoms. The molecule has 0 aliphatic heterocycles. The van der Waals surface area contributed by atoms with Crippen molar-refractivity contribution < 1.29 is 4.79 Å². The topological polar surface area (TPSA) is 46.9 Å². The summed E-state index contributed by atoms with van der Waals surface area (Å²) < 4.78 is 2.10. The maximum absolute atomic E-state index is 12.3. The van der Waals surface area contributed by atoms with E-state index in [1.54, 1.807) is 12.1 Å². The Hall–Kier alpha value is -2.53. The molecule has 158 valence electrons. The number of imidazole rings is 1. The summed E-state index contributed by atoms with van der Waals surface area (Å²) in [6.45, 7) is 0.985. The summed E-state index contributed by atoms with van der Waals surface area (Å²) in [5.41, 5.74) is 3.67. The Morgan fingerprint density at radius 2 is 1.61 bits per heavy atom. The molecule has 1 amide bonds. The van der Waals surface area contributed by atoms with Gasteiger partial charge in [0, 0.05) is 33.6 Å². The number of para-hydroxylation sites is 2. The number of hydrogen-bond donors (Lipinski definition) is 1. The first-order valence-corrected chi connectivity index (χ1v) is 11.0. The fourth-order valence-corrected chi connectivity index (χ4v) is 4.14. The number of carbonyl (C=O) groups excluding carboxylic acids is 1. The number of nitrogens with zero attached hydrogens (tertiary/aromatic N) is 2. The summed E-state index contributed by atoms with van der Waals surface area (Å²) in [7, 11) is 0. The van der Waals surface area contributed by atoms with E-state index in [2.05, 4.69) is 9.88 Å². The van der Waals surface area contributed by atoms with Gasteiger partial charge in [-0.15, -0.1) is 0 Å². The van der Waals surface area contributed by atoms with Gasteiger partial charge < -0.3 is 9.88 Å². The van der Waals surface area contributed by atoms with Gasteiger partial charge in [-0.1, -0.05) is 65.1 Å². The second-order valence-corrected chi connectivity index (χ2v) is 8.46. The lowest BCUT2D eigenvalue weighted by atomic mass is 10.1. The Balaban J connectivity index is 1.49. The number of benzene rings is 3. The van der Waals surface area contributed by atoms with Gasteiger partial charge in [0.05, 0.1) is 24.0 Å². The standard InChI is InChI=1S/C24H20Cl3N3O/c25-17-10-8-16(9-11-17)14-24(31)28-13-12-23-29-21-6-1-2-7-22(21)30(23)15-18-19(26)4-3-5-20(18)27/h1-11H,12-15H2,(H,28,31). The zero-order valence-corrected chi connectivity index (χ0v) is 18.9. The zero-order chi connectivity index (χ0) is 21.8. The maximum Gasteiger partial charge on any atom is 0.224 e. The number of halogens is 3. The lowest BCUT2D eigenvalue weighted by Gasteiger charge is -2.13. The Morgan fingerprint density at radius 1 is 0.903 bits per heavy atom. The molecular formula is C24H20Cl3N3O. The van der Waals surface area contributed by atoms with Crippen LogP contribution < -0.4 is 5.32 Å². The number of amides is 1. The molecule has 0 bridgehead atoms. The van der Waals surface area contributed by atoms with E-state index in [9.17, 15) is 4.79 Å². The number of carbonyl (C=O) groups is 1. The van der Waals surface area contributed by atoms with Crippen LogP contribution in [0.15, 0.2) is 66.7 Å². The van der Waals surface area contributed by atoms with Crippen LogP contribution in [-0.4, -0.2) is 22.0 Å². The average Bonchev–Trinajstić information content (AvgIpc) is 3.10. The summed E-state index contributed by atoms with van der Waals surface area (Å²) in [5.74, 6) is 0.822. The van der Waals surface area contributed by atoms with Crippen LogP contribution in [-0.2, 0) is 24.2 Å². The number of hydrogen-bond acceptors (Lipinski definition) is 2. The highest BCUT2D eigenvalue weighted by atomic mass is 35.5. The molecule has 1 N–H and O–H groups in total. The Labute approximate surface area is 195 Å². The fourth-order valence-electron chi connectivity index (χ4n) is 3.50. The van der Waals surface area contributed by atoms with E-state index < -0.39 is 0 Å². The Morgan fingerprint density at radius 3 is 2.35 bits per heavy atom. The second-order valence-electron chi connectivity index (χ2n) is 7.21. The maximum atomic E-state index is 12.3. The molecule has 1 heterocycles. The van der Waals surface area contributed by atoms with Crippen LogP contribution >= 0.6 is 34.8 Å². The number of aromatic nitrogens is 2. The minimum Gasteiger partial charge on any atom is -0.355 e. The van der Waals surface area contributed by atoms with Crippen molar-refractivity contribution >= 4 is 51.7 Å². The molecule has 4 nitrogen and oxygen atoms in total. The number of rotatable bonds is 7. The largest absolute Gasteiger partial charge is 0.355 e. The van der Waals surface area contributed by atoms with E-state index in [0.29, 0.717) is 41.0 Å². The summed E-state index contributed by atoms with van der Waals surface area (Å²) in [6.07, 6.45) is 0.895. The van der Waals surface area contributed by atoms with E-state index in [0.717, 1.165) is 28.0 Å². The molecule has 0 saturated heterocycles. The zero-order valence-electron chi connectivity index (χ0n) is 16.6. The van der Waals surface area contributed by atoms with Crippen LogP contribution in [0.2, 0.25) is 15.1 Å². The van der Waals surface area contributed by atoms with Crippen LogP contribution in [0, 0.1) is 0 Å². The van der Waals surface area contributed by atoms with E-state index >= 15 is 0 Å². The molecule has 4 rings (SSSR count). The molecule has 0 aliphatic carbocycles. The van der Waals surface area contributed by atoms with E-state index in [4.69, 9.17) is 39.8 Å². The molecule has 0 radical (unpaired) electrons. The van der Waals surface area contributed by atoms with Crippen molar-refractivity contribution in [1.82, 2.24) is 14.9 Å². The quantitative estimate of drug-likeness (QED) is 0.361. The average molecular weight is 473 g/mol. The van der Waals surface area contributed by atoms with Crippen LogP contribution in [0.25, 0.3) is 11.0 Å². The van der Waals surface area contributed by atoms with Crippen LogP contribution in [0.3, 0.4) is 0 Å². The minimum atomic E-state index is -0.0425. The molecule has 7 heteroatoms. The van der Waals surface area contributed by atoms with Crippen molar-refractivity contribution in [2.24, 2.45) is 0 Å². The highest BCUT2D eigenvalue weighted by Crippen LogP contribution is 2.27. The van der Waals surface area contributed by atoms with Crippen LogP contribution in [0.1, 0.15) is 17.0 Å². The Kier molecular flexibility index (Phi) is 6.81. The predicted molar refractivity (Wildman–Crippen MR) is 127 cm³/mol. The number of fused-ring (bicyclic) bond motifs is 1. The first kappa shape index (κ1) is 21.7. The molecule has 0 atom stereocenters. The van der Waals surface area contributed by atoms with Crippen molar-refractivity contribution in [2.45, 2.75) is 19.4 Å². The van der Waals surface area contributed by atoms with Gasteiger partial charge in [0.1, 0.15) is 5.82 Å². The third-order valence-corrected chi connectivity index (χ3v) is 6.02. The smallest absolute Gasteiger partial charge is 0.224 e. The van der Waals surface area contributed by atoms with Gasteiger partial charge >= 0.3 is 0 Å². The lowest BCUT2D eigenvalue weighted by molar-refractivity contribution is -0.120. The minimum absolute atomic E-state index is 0.0425. The van der Waals surface area contributed by atoms with E-state index in [1.165, 1.54) is 0 Å². The normalized spacial score (nSPS) is 11.1. The summed E-state index contributed by atoms with van der Waals surface area (Å²) in [4.78, 5) is 17.1. The molecule has 0 fully saturated rings. The molecule has 0 aliphatic rings. The first-order valence-electron chi connectivity index (χ1n) is 9.89. The lowest BCUT2D eigenvalue weighted by Crippen LogP contribution is -2.28. The second kappa shape index (κ2) is 9.73. The summed E-state index contributed by atoms with van der Waals surface area (Å²) in [5, 5.41) is 4.87. The molecule has 4 aromatic rings. The summed E-state index contributed by atoms with van der Waals surface area (Å²) in [6, 6.07) is 20.7. The van der Waals surface area contributed by atoms with Crippen molar-refractivity contribution in [2.75, 3.05) is 6.54 Å². The van der Waals surface area contributed by atoms with Gasteiger partial charge in [0.15, 0.2) is 0 Å². The predicted octanol–water partition coefficient (Wildman–Crippen LogP) is 5.95. The molecular weight excluding hydrogens is 453 g/mol. The van der Waals surface area contributed by atoms with Crippen molar-refractivity contribution in [3.63, 3.8) is 0 Å². The molecule has 0 saturated carbocycles. The first-order chi connectivity index (χ1) is 15.0. The third kappa shape index (κ3) is 5.21. The Bertz CT molecular complexity index is 1200. The van der Waals surface area contributed by atoms with Crippen molar-refractivity contribution in [1.29, 1.82) is 0 Å². The number of nitrogens with one attached hydrogen (secondary N) is 1. The van der Waals surface area contributed by atoms with Gasteiger partial charge in [-0.05, 0) is 42.0 Å². The monoisotopic (exact) mass is 471 g/mol. The van der Waals surface area contributed by atoms with Gasteiger partial charge in [0.2, 0.25) is 5.91 Å². The molecule has 0 unspecified atom stereocenters. The van der Waals surface area contributed by atoms with Crippen LogP contribution in [0.4, 0.5) is 0 Å².